The fourth-order valence-corrected chi connectivity index (χ4v) is 2.57. The summed E-state index contributed by atoms with van der Waals surface area (Å²) < 4.78 is 2.00. The van der Waals surface area contributed by atoms with Crippen LogP contribution in [0.25, 0.3) is 0 Å². The van der Waals surface area contributed by atoms with Crippen LogP contribution in [0.4, 0.5) is 0 Å². The highest BCUT2D eigenvalue weighted by molar-refractivity contribution is 6.30. The number of rotatable bonds is 4. The molecule has 3 nitrogen and oxygen atoms in total. The van der Waals surface area contributed by atoms with E-state index in [9.17, 15) is 0 Å². The third-order valence-corrected chi connectivity index (χ3v) is 3.54. The van der Waals surface area contributed by atoms with E-state index < -0.39 is 0 Å². The molecule has 0 aromatic carbocycles. The topological polar surface area (TPSA) is 43.8 Å². The normalized spacial score (nSPS) is 17.5. The molecule has 1 fully saturated rings. The molecule has 0 atom stereocenters. The third-order valence-electron chi connectivity index (χ3n) is 3.12. The number of aromatic nitrogens is 2. The second-order valence-electron chi connectivity index (χ2n) is 4.24. The Kier molecular flexibility index (Phi) is 3.65. The van der Waals surface area contributed by atoms with Crippen LogP contribution < -0.4 is 5.73 Å². The number of hydrogen-bond acceptors (Lipinski definition) is 2. The van der Waals surface area contributed by atoms with Crippen LogP contribution in [0.2, 0.25) is 5.15 Å². The van der Waals surface area contributed by atoms with E-state index in [-0.39, 0.29) is 0 Å². The molecule has 1 aliphatic carbocycles. The molecular weight excluding hydrogens is 210 g/mol. The van der Waals surface area contributed by atoms with Gasteiger partial charge in [0.25, 0.3) is 0 Å². The van der Waals surface area contributed by atoms with Crippen LogP contribution in [0.15, 0.2) is 6.20 Å². The SMILES string of the molecule is NCCCc1cnn(C2CCCC2)c1Cl. The second-order valence-corrected chi connectivity index (χ2v) is 4.59. The highest BCUT2D eigenvalue weighted by Crippen LogP contribution is 2.32. The molecule has 2 rings (SSSR count). The van der Waals surface area contributed by atoms with Crippen molar-refractivity contribution in [1.29, 1.82) is 0 Å². The van der Waals surface area contributed by atoms with Crippen molar-refractivity contribution >= 4 is 11.6 Å². The Hall–Kier alpha value is -0.540. The van der Waals surface area contributed by atoms with E-state index in [1.54, 1.807) is 0 Å². The van der Waals surface area contributed by atoms with Gasteiger partial charge < -0.3 is 5.73 Å². The molecule has 1 saturated carbocycles. The number of nitrogens with zero attached hydrogens (tertiary/aromatic N) is 2. The van der Waals surface area contributed by atoms with Crippen LogP contribution in [0.5, 0.6) is 0 Å². The van der Waals surface area contributed by atoms with Crippen LogP contribution in [0.1, 0.15) is 43.7 Å². The van der Waals surface area contributed by atoms with Crippen LogP contribution in [-0.2, 0) is 6.42 Å². The fraction of sp³-hybridized carbons (Fsp3) is 0.727. The maximum atomic E-state index is 6.30. The molecule has 0 radical (unpaired) electrons. The van der Waals surface area contributed by atoms with Gasteiger partial charge in [0.05, 0.1) is 12.2 Å². The van der Waals surface area contributed by atoms with E-state index >= 15 is 0 Å². The lowest BCUT2D eigenvalue weighted by molar-refractivity contribution is 0.467. The zero-order valence-electron chi connectivity index (χ0n) is 8.95. The van der Waals surface area contributed by atoms with Gasteiger partial charge in [0, 0.05) is 5.56 Å². The highest BCUT2D eigenvalue weighted by atomic mass is 35.5. The maximum absolute atomic E-state index is 6.30. The van der Waals surface area contributed by atoms with Gasteiger partial charge >= 0.3 is 0 Å². The van der Waals surface area contributed by atoms with Gasteiger partial charge in [-0.3, -0.25) is 4.68 Å². The van der Waals surface area contributed by atoms with E-state index in [0.717, 1.165) is 23.6 Å². The molecule has 1 aromatic rings. The summed E-state index contributed by atoms with van der Waals surface area (Å²) in [6, 6.07) is 0.532. The molecule has 4 heteroatoms. The Morgan fingerprint density at radius 1 is 1.47 bits per heavy atom. The fourth-order valence-electron chi connectivity index (χ4n) is 2.25. The Morgan fingerprint density at radius 3 is 2.87 bits per heavy atom. The second kappa shape index (κ2) is 4.99. The van der Waals surface area contributed by atoms with Crippen molar-refractivity contribution in [2.24, 2.45) is 5.73 Å². The van der Waals surface area contributed by atoms with Crippen molar-refractivity contribution in [2.75, 3.05) is 6.54 Å². The summed E-state index contributed by atoms with van der Waals surface area (Å²) >= 11 is 6.30. The van der Waals surface area contributed by atoms with Crippen molar-refractivity contribution < 1.29 is 0 Å². The van der Waals surface area contributed by atoms with Crippen LogP contribution in [-0.4, -0.2) is 16.3 Å². The molecule has 0 bridgehead atoms. The van der Waals surface area contributed by atoms with Crippen LogP contribution >= 0.6 is 11.6 Å². The predicted molar refractivity (Wildman–Crippen MR) is 62.1 cm³/mol. The van der Waals surface area contributed by atoms with Gasteiger partial charge in [-0.25, -0.2) is 0 Å². The number of hydrogen-bond donors (Lipinski definition) is 1. The summed E-state index contributed by atoms with van der Waals surface area (Å²) in [5.74, 6) is 0. The van der Waals surface area contributed by atoms with Gasteiger partial charge in [-0.15, -0.1) is 0 Å². The maximum Gasteiger partial charge on any atom is 0.130 e. The molecular formula is C11H18ClN3. The molecule has 0 spiro atoms. The molecule has 2 N–H and O–H groups in total. The van der Waals surface area contributed by atoms with Gasteiger partial charge in [0.2, 0.25) is 0 Å². The van der Waals surface area contributed by atoms with E-state index in [1.165, 1.54) is 25.7 Å². The molecule has 1 heterocycles. The first kappa shape index (κ1) is 11.0. The van der Waals surface area contributed by atoms with Crippen molar-refractivity contribution in [1.82, 2.24) is 9.78 Å². The monoisotopic (exact) mass is 227 g/mol. The summed E-state index contributed by atoms with van der Waals surface area (Å²) in [5, 5.41) is 5.22. The van der Waals surface area contributed by atoms with Gasteiger partial charge in [0.1, 0.15) is 5.15 Å². The van der Waals surface area contributed by atoms with Crippen molar-refractivity contribution in [3.63, 3.8) is 0 Å². The first-order valence-electron chi connectivity index (χ1n) is 5.75. The van der Waals surface area contributed by atoms with Crippen molar-refractivity contribution in [2.45, 2.75) is 44.6 Å². The minimum Gasteiger partial charge on any atom is -0.330 e. The first-order chi connectivity index (χ1) is 7.33. The number of halogens is 1. The standard InChI is InChI=1S/C11H18ClN3/c12-11-9(4-3-7-13)8-14-15(11)10-5-1-2-6-10/h8,10H,1-7,13H2. The molecule has 84 valence electrons. The average molecular weight is 228 g/mol. The number of aryl methyl sites for hydroxylation is 1. The third kappa shape index (κ3) is 2.34. The quantitative estimate of drug-likeness (QED) is 0.859. The summed E-state index contributed by atoms with van der Waals surface area (Å²) in [7, 11) is 0. The molecule has 1 aromatic heterocycles. The van der Waals surface area contributed by atoms with Crippen LogP contribution in [0, 0.1) is 0 Å². The smallest absolute Gasteiger partial charge is 0.130 e. The Balaban J connectivity index is 2.08. The molecule has 1 aliphatic rings. The van der Waals surface area contributed by atoms with E-state index in [4.69, 9.17) is 17.3 Å². The summed E-state index contributed by atoms with van der Waals surface area (Å²) in [4.78, 5) is 0. The highest BCUT2D eigenvalue weighted by Gasteiger charge is 2.20. The summed E-state index contributed by atoms with van der Waals surface area (Å²) in [6.45, 7) is 0.713. The summed E-state index contributed by atoms with van der Waals surface area (Å²) in [5.41, 5.74) is 6.63. The lowest BCUT2D eigenvalue weighted by Crippen LogP contribution is -2.06. The van der Waals surface area contributed by atoms with Gasteiger partial charge in [-0.2, -0.15) is 5.10 Å². The minimum absolute atomic E-state index is 0.532. The lowest BCUT2D eigenvalue weighted by atomic mass is 10.2. The molecule has 15 heavy (non-hydrogen) atoms. The van der Waals surface area contributed by atoms with E-state index in [2.05, 4.69) is 5.10 Å². The van der Waals surface area contributed by atoms with Crippen molar-refractivity contribution in [3.05, 3.63) is 16.9 Å². The molecule has 0 saturated heterocycles. The Labute approximate surface area is 95.6 Å². The van der Waals surface area contributed by atoms with E-state index in [0.29, 0.717) is 12.6 Å². The first-order valence-corrected chi connectivity index (χ1v) is 6.12. The van der Waals surface area contributed by atoms with Gasteiger partial charge in [-0.1, -0.05) is 24.4 Å². The van der Waals surface area contributed by atoms with Crippen LogP contribution in [0.3, 0.4) is 0 Å². The van der Waals surface area contributed by atoms with Crippen molar-refractivity contribution in [3.8, 4) is 0 Å². The van der Waals surface area contributed by atoms with E-state index in [1.807, 2.05) is 10.9 Å². The predicted octanol–water partition coefficient (Wildman–Crippen LogP) is 2.54. The largest absolute Gasteiger partial charge is 0.330 e. The summed E-state index contributed by atoms with van der Waals surface area (Å²) in [6.07, 6.45) is 8.88. The molecule has 0 unspecified atom stereocenters. The lowest BCUT2D eigenvalue weighted by Gasteiger charge is -2.11. The van der Waals surface area contributed by atoms with Gasteiger partial charge in [0.15, 0.2) is 0 Å². The zero-order valence-corrected chi connectivity index (χ0v) is 9.71. The average Bonchev–Trinajstić information content (AvgIpc) is 2.84. The molecule has 0 amide bonds. The zero-order chi connectivity index (χ0) is 10.7. The number of nitrogens with two attached hydrogens (primary N) is 1. The Morgan fingerprint density at radius 2 is 2.20 bits per heavy atom. The minimum atomic E-state index is 0.532. The van der Waals surface area contributed by atoms with Gasteiger partial charge in [-0.05, 0) is 32.2 Å². The Bertz CT molecular complexity index is 316. The molecule has 0 aliphatic heterocycles.